The molecule has 0 bridgehead atoms. The van der Waals surface area contributed by atoms with Crippen molar-refractivity contribution in [3.63, 3.8) is 0 Å². The van der Waals surface area contributed by atoms with Crippen molar-refractivity contribution in [3.05, 3.63) is 35.0 Å². The molecule has 1 amide bonds. The lowest BCUT2D eigenvalue weighted by atomic mass is 9.98. The van der Waals surface area contributed by atoms with E-state index in [2.05, 4.69) is 4.98 Å². The molecular weight excluding hydrogens is 344 g/mol. The standard InChI is InChI=1S/C21H26N2O4/c1-26-21(25)16-9-5-8-15-17-12-23(11-10-18(17)22-20(15)16)19(24)13-27-14-6-3-2-4-7-14/h5,8-9,14,22H,2-4,6-7,10-13H2,1H3. The topological polar surface area (TPSA) is 71.6 Å². The van der Waals surface area contributed by atoms with E-state index in [4.69, 9.17) is 9.47 Å². The van der Waals surface area contributed by atoms with Crippen LogP contribution < -0.4 is 0 Å². The Morgan fingerprint density at radius 2 is 2.04 bits per heavy atom. The monoisotopic (exact) mass is 370 g/mol. The van der Waals surface area contributed by atoms with Crippen molar-refractivity contribution in [3.8, 4) is 0 Å². The summed E-state index contributed by atoms with van der Waals surface area (Å²) in [4.78, 5) is 29.9. The second kappa shape index (κ2) is 7.72. The van der Waals surface area contributed by atoms with E-state index in [1.807, 2.05) is 17.0 Å². The lowest BCUT2D eigenvalue weighted by Gasteiger charge is -2.28. The van der Waals surface area contributed by atoms with Crippen molar-refractivity contribution in [2.75, 3.05) is 20.3 Å². The molecule has 0 spiro atoms. The zero-order chi connectivity index (χ0) is 18.8. The van der Waals surface area contributed by atoms with Crippen LogP contribution in [0.3, 0.4) is 0 Å². The minimum Gasteiger partial charge on any atom is -0.465 e. The number of hydrogen-bond donors (Lipinski definition) is 1. The number of carbonyl (C=O) groups excluding carboxylic acids is 2. The lowest BCUT2D eigenvalue weighted by Crippen LogP contribution is -2.39. The maximum Gasteiger partial charge on any atom is 0.339 e. The third-order valence-corrected chi connectivity index (χ3v) is 5.76. The number of aromatic amines is 1. The Bertz CT molecular complexity index is 851. The van der Waals surface area contributed by atoms with E-state index in [-0.39, 0.29) is 24.6 Å². The Labute approximate surface area is 158 Å². The van der Waals surface area contributed by atoms with Gasteiger partial charge in [-0.15, -0.1) is 0 Å². The fraction of sp³-hybridized carbons (Fsp3) is 0.524. The minimum atomic E-state index is -0.354. The second-order valence-corrected chi connectivity index (χ2v) is 7.44. The van der Waals surface area contributed by atoms with Gasteiger partial charge < -0.3 is 19.4 Å². The van der Waals surface area contributed by atoms with Gasteiger partial charge in [0.15, 0.2) is 0 Å². The molecule has 1 aromatic carbocycles. The van der Waals surface area contributed by atoms with E-state index < -0.39 is 0 Å². The molecule has 6 nitrogen and oxygen atoms in total. The van der Waals surface area contributed by atoms with Crippen LogP contribution in [0.2, 0.25) is 0 Å². The van der Waals surface area contributed by atoms with Crippen LogP contribution in [0.25, 0.3) is 10.9 Å². The molecule has 0 unspecified atom stereocenters. The van der Waals surface area contributed by atoms with Crippen molar-refractivity contribution in [2.24, 2.45) is 0 Å². The van der Waals surface area contributed by atoms with Crippen LogP contribution in [0.15, 0.2) is 18.2 Å². The minimum absolute atomic E-state index is 0.0460. The van der Waals surface area contributed by atoms with Crippen LogP contribution in [0.5, 0.6) is 0 Å². The molecule has 1 N–H and O–H groups in total. The molecule has 4 rings (SSSR count). The zero-order valence-corrected chi connectivity index (χ0v) is 15.8. The average molecular weight is 370 g/mol. The number of ether oxygens (including phenoxy) is 2. The van der Waals surface area contributed by atoms with Gasteiger partial charge in [0.25, 0.3) is 0 Å². The molecule has 2 aromatic rings. The average Bonchev–Trinajstić information content (AvgIpc) is 3.10. The fourth-order valence-corrected chi connectivity index (χ4v) is 4.24. The van der Waals surface area contributed by atoms with Gasteiger partial charge in [0.2, 0.25) is 5.91 Å². The van der Waals surface area contributed by atoms with Crippen molar-refractivity contribution >= 4 is 22.8 Å². The Morgan fingerprint density at radius 3 is 2.81 bits per heavy atom. The van der Waals surface area contributed by atoms with Crippen LogP contribution >= 0.6 is 0 Å². The van der Waals surface area contributed by atoms with Gasteiger partial charge >= 0.3 is 5.97 Å². The van der Waals surface area contributed by atoms with Crippen molar-refractivity contribution in [2.45, 2.75) is 51.2 Å². The summed E-state index contributed by atoms with van der Waals surface area (Å²) in [5, 5.41) is 0.985. The van der Waals surface area contributed by atoms with Gasteiger partial charge in [-0.25, -0.2) is 4.79 Å². The highest BCUT2D eigenvalue weighted by atomic mass is 16.5. The molecule has 0 saturated heterocycles. The van der Waals surface area contributed by atoms with Gasteiger partial charge in [-0.05, 0) is 18.9 Å². The Morgan fingerprint density at radius 1 is 1.22 bits per heavy atom. The summed E-state index contributed by atoms with van der Waals surface area (Å²) in [5.74, 6) is -0.308. The van der Waals surface area contributed by atoms with Gasteiger partial charge in [-0.1, -0.05) is 31.4 Å². The lowest BCUT2D eigenvalue weighted by molar-refractivity contribution is -0.139. The van der Waals surface area contributed by atoms with E-state index in [0.717, 1.165) is 41.4 Å². The molecule has 0 radical (unpaired) electrons. The highest BCUT2D eigenvalue weighted by molar-refractivity contribution is 6.04. The maximum absolute atomic E-state index is 12.6. The summed E-state index contributed by atoms with van der Waals surface area (Å²) in [5.41, 5.74) is 3.51. The summed E-state index contributed by atoms with van der Waals surface area (Å²) in [7, 11) is 1.39. The molecule has 1 fully saturated rings. The Kier molecular flexibility index (Phi) is 5.16. The number of benzene rings is 1. The molecular formula is C21H26N2O4. The number of aromatic nitrogens is 1. The number of nitrogens with zero attached hydrogens (tertiary/aromatic N) is 1. The van der Waals surface area contributed by atoms with Crippen molar-refractivity contribution in [1.82, 2.24) is 9.88 Å². The van der Waals surface area contributed by atoms with Gasteiger partial charge in [0.05, 0.1) is 24.3 Å². The van der Waals surface area contributed by atoms with Crippen LogP contribution in [0, 0.1) is 0 Å². The van der Waals surface area contributed by atoms with E-state index in [0.29, 0.717) is 18.7 Å². The summed E-state index contributed by atoms with van der Waals surface area (Å²) < 4.78 is 10.7. The van der Waals surface area contributed by atoms with Gasteiger partial charge in [-0.2, -0.15) is 0 Å². The third kappa shape index (κ3) is 3.58. The van der Waals surface area contributed by atoms with Crippen LogP contribution in [0.4, 0.5) is 0 Å². The van der Waals surface area contributed by atoms with Crippen LogP contribution in [0.1, 0.15) is 53.7 Å². The number of esters is 1. The Balaban J connectivity index is 1.49. The molecule has 1 aromatic heterocycles. The van der Waals surface area contributed by atoms with E-state index in [1.54, 1.807) is 6.07 Å². The van der Waals surface area contributed by atoms with E-state index in [9.17, 15) is 9.59 Å². The zero-order valence-electron chi connectivity index (χ0n) is 15.8. The summed E-state index contributed by atoms with van der Waals surface area (Å²) in [6.45, 7) is 1.38. The summed E-state index contributed by atoms with van der Waals surface area (Å²) in [6.07, 6.45) is 6.79. The molecule has 27 heavy (non-hydrogen) atoms. The smallest absolute Gasteiger partial charge is 0.339 e. The number of methoxy groups -OCH3 is 1. The summed E-state index contributed by atoms with van der Waals surface area (Å²) >= 11 is 0. The largest absolute Gasteiger partial charge is 0.465 e. The first-order chi connectivity index (χ1) is 13.2. The first-order valence-electron chi connectivity index (χ1n) is 9.77. The number of amides is 1. The number of para-hydroxylation sites is 1. The molecule has 2 heterocycles. The van der Waals surface area contributed by atoms with Crippen LogP contribution in [-0.4, -0.2) is 48.1 Å². The highest BCUT2D eigenvalue weighted by Crippen LogP contribution is 2.30. The molecule has 1 aliphatic heterocycles. The van der Waals surface area contributed by atoms with Crippen LogP contribution in [-0.2, 0) is 27.2 Å². The number of nitrogens with one attached hydrogen (secondary N) is 1. The van der Waals surface area contributed by atoms with E-state index >= 15 is 0 Å². The normalized spacial score (nSPS) is 17.7. The predicted molar refractivity (Wildman–Crippen MR) is 102 cm³/mol. The SMILES string of the molecule is COC(=O)c1cccc2c3c([nH]c12)CCN(C(=O)COC1CCCCC1)C3. The highest BCUT2D eigenvalue weighted by Gasteiger charge is 2.26. The summed E-state index contributed by atoms with van der Waals surface area (Å²) in [6, 6.07) is 5.61. The molecule has 6 heteroatoms. The Hall–Kier alpha value is -2.34. The first-order valence-corrected chi connectivity index (χ1v) is 9.77. The predicted octanol–water partition coefficient (Wildman–Crippen LogP) is 3.19. The van der Waals surface area contributed by atoms with Crippen molar-refractivity contribution in [1.29, 1.82) is 0 Å². The first kappa shape index (κ1) is 18.0. The number of carbonyl (C=O) groups is 2. The number of rotatable bonds is 4. The number of H-pyrrole nitrogens is 1. The molecule has 0 atom stereocenters. The van der Waals surface area contributed by atoms with Gasteiger partial charge in [0, 0.05) is 36.2 Å². The van der Waals surface area contributed by atoms with Crippen molar-refractivity contribution < 1.29 is 19.1 Å². The molecule has 2 aliphatic rings. The number of hydrogen-bond acceptors (Lipinski definition) is 4. The maximum atomic E-state index is 12.6. The fourth-order valence-electron chi connectivity index (χ4n) is 4.24. The van der Waals surface area contributed by atoms with Gasteiger partial charge in [-0.3, -0.25) is 4.79 Å². The molecule has 144 valence electrons. The molecule has 1 saturated carbocycles. The third-order valence-electron chi connectivity index (χ3n) is 5.76. The quantitative estimate of drug-likeness (QED) is 0.839. The van der Waals surface area contributed by atoms with E-state index in [1.165, 1.54) is 26.4 Å². The van der Waals surface area contributed by atoms with Gasteiger partial charge in [0.1, 0.15) is 6.61 Å². The molecule has 1 aliphatic carbocycles. The second-order valence-electron chi connectivity index (χ2n) is 7.44. The number of fused-ring (bicyclic) bond motifs is 3.